The molecule has 0 spiro atoms. The lowest BCUT2D eigenvalue weighted by Crippen LogP contribution is -1.95. The van der Waals surface area contributed by atoms with E-state index in [0.29, 0.717) is 16.9 Å². The molecule has 100 valence electrons. The average Bonchev–Trinajstić information content (AvgIpc) is 2.48. The zero-order valence-electron chi connectivity index (χ0n) is 10.3. The topological polar surface area (TPSA) is 96.4 Å². The maximum atomic E-state index is 11.0. The van der Waals surface area contributed by atoms with Crippen LogP contribution < -0.4 is 4.74 Å². The number of nitro benzene ring substituents is 1. The Labute approximate surface area is 114 Å². The molecule has 0 unspecified atom stereocenters. The highest BCUT2D eigenvalue weighted by Gasteiger charge is 2.16. The number of hydrogen-bond acceptors (Lipinski definition) is 5. The van der Waals surface area contributed by atoms with Crippen LogP contribution in [0.3, 0.4) is 0 Å². The lowest BCUT2D eigenvalue weighted by Gasteiger charge is -2.07. The largest absolute Gasteiger partial charge is 0.450 e. The van der Waals surface area contributed by atoms with Crippen molar-refractivity contribution >= 4 is 5.69 Å². The Bertz CT molecular complexity index is 675. The molecule has 0 aliphatic carbocycles. The minimum Gasteiger partial charge on any atom is -0.450 e. The number of aliphatic hydroxyl groups is 1. The van der Waals surface area contributed by atoms with E-state index in [2.05, 4.69) is 0 Å². The third kappa shape index (κ3) is 2.91. The van der Waals surface area contributed by atoms with E-state index in [9.17, 15) is 10.1 Å². The van der Waals surface area contributed by atoms with Gasteiger partial charge in [-0.1, -0.05) is 6.07 Å². The Balaban J connectivity index is 2.32. The van der Waals surface area contributed by atoms with Crippen LogP contribution in [0.2, 0.25) is 0 Å². The predicted octanol–water partition coefficient (Wildman–Crippen LogP) is 2.75. The normalized spacial score (nSPS) is 9.80. The molecule has 20 heavy (non-hydrogen) atoms. The lowest BCUT2D eigenvalue weighted by atomic mass is 10.2. The van der Waals surface area contributed by atoms with Crippen LogP contribution in [0, 0.1) is 21.4 Å². The van der Waals surface area contributed by atoms with Gasteiger partial charge in [-0.25, -0.2) is 0 Å². The maximum absolute atomic E-state index is 11.0. The number of benzene rings is 2. The molecular formula is C14H10N2O4. The monoisotopic (exact) mass is 270 g/mol. The fourth-order valence-electron chi connectivity index (χ4n) is 1.61. The molecule has 0 aliphatic heterocycles. The van der Waals surface area contributed by atoms with E-state index in [1.807, 2.05) is 6.07 Å². The van der Waals surface area contributed by atoms with Gasteiger partial charge in [-0.05, 0) is 35.9 Å². The molecule has 2 aromatic rings. The molecule has 0 saturated carbocycles. The summed E-state index contributed by atoms with van der Waals surface area (Å²) in [6.45, 7) is -0.280. The van der Waals surface area contributed by atoms with Gasteiger partial charge < -0.3 is 9.84 Å². The molecule has 6 nitrogen and oxygen atoms in total. The molecule has 0 amide bonds. The Morgan fingerprint density at radius 2 is 1.95 bits per heavy atom. The van der Waals surface area contributed by atoms with Crippen molar-refractivity contribution in [2.75, 3.05) is 0 Å². The van der Waals surface area contributed by atoms with Gasteiger partial charge in [0, 0.05) is 6.07 Å². The van der Waals surface area contributed by atoms with Crippen molar-refractivity contribution in [1.82, 2.24) is 0 Å². The molecule has 6 heteroatoms. The fraction of sp³-hybridized carbons (Fsp3) is 0.0714. The number of nitriles is 1. The third-order valence-electron chi connectivity index (χ3n) is 2.61. The molecule has 0 heterocycles. The molecule has 0 radical (unpaired) electrons. The highest BCUT2D eigenvalue weighted by molar-refractivity contribution is 5.50. The second kappa shape index (κ2) is 5.82. The van der Waals surface area contributed by atoms with E-state index in [1.165, 1.54) is 12.1 Å². The van der Waals surface area contributed by atoms with Crippen molar-refractivity contribution in [3.05, 3.63) is 63.7 Å². The molecule has 0 saturated heterocycles. The quantitative estimate of drug-likeness (QED) is 0.680. The Kier molecular flexibility index (Phi) is 3.93. The van der Waals surface area contributed by atoms with Crippen LogP contribution in [-0.2, 0) is 6.61 Å². The summed E-state index contributed by atoms with van der Waals surface area (Å²) < 4.78 is 5.44. The van der Waals surface area contributed by atoms with Gasteiger partial charge in [0.25, 0.3) is 0 Å². The molecular weight excluding hydrogens is 260 g/mol. The fourth-order valence-corrected chi connectivity index (χ4v) is 1.61. The van der Waals surface area contributed by atoms with E-state index in [0.717, 1.165) is 0 Å². The summed E-state index contributed by atoms with van der Waals surface area (Å²) in [7, 11) is 0. The summed E-state index contributed by atoms with van der Waals surface area (Å²) in [5.74, 6) is 0.473. The van der Waals surface area contributed by atoms with Crippen LogP contribution in [0.25, 0.3) is 0 Å². The number of ether oxygens (including phenoxy) is 1. The first-order valence-corrected chi connectivity index (χ1v) is 5.70. The van der Waals surface area contributed by atoms with Gasteiger partial charge >= 0.3 is 5.69 Å². The van der Waals surface area contributed by atoms with Crippen LogP contribution in [0.15, 0.2) is 42.5 Å². The number of hydrogen-bond donors (Lipinski definition) is 1. The highest BCUT2D eigenvalue weighted by Crippen LogP contribution is 2.32. The number of aliphatic hydroxyl groups excluding tert-OH is 1. The van der Waals surface area contributed by atoms with E-state index in [4.69, 9.17) is 15.1 Å². The van der Waals surface area contributed by atoms with Gasteiger partial charge in [0.2, 0.25) is 5.75 Å². The zero-order chi connectivity index (χ0) is 14.5. The summed E-state index contributed by atoms with van der Waals surface area (Å²) in [5.41, 5.74) is 0.687. The van der Waals surface area contributed by atoms with Crippen LogP contribution >= 0.6 is 0 Å². The van der Waals surface area contributed by atoms with Crippen LogP contribution in [0.5, 0.6) is 11.5 Å². The van der Waals surface area contributed by atoms with Gasteiger partial charge in [-0.3, -0.25) is 10.1 Å². The van der Waals surface area contributed by atoms with Crippen molar-refractivity contribution in [2.24, 2.45) is 0 Å². The molecule has 0 aliphatic rings. The van der Waals surface area contributed by atoms with E-state index in [-0.39, 0.29) is 18.0 Å². The van der Waals surface area contributed by atoms with Crippen LogP contribution in [-0.4, -0.2) is 10.0 Å². The smallest absolute Gasteiger partial charge is 0.311 e. The second-order valence-electron chi connectivity index (χ2n) is 3.96. The molecule has 0 aromatic heterocycles. The van der Waals surface area contributed by atoms with Gasteiger partial charge in [0.15, 0.2) is 0 Å². The van der Waals surface area contributed by atoms with Crippen LogP contribution in [0.1, 0.15) is 11.1 Å². The Morgan fingerprint density at radius 3 is 2.50 bits per heavy atom. The Morgan fingerprint density at radius 1 is 1.25 bits per heavy atom. The highest BCUT2D eigenvalue weighted by atomic mass is 16.6. The standard InChI is InChI=1S/C14H10N2O4/c15-8-10-1-4-12(5-2-10)20-14-6-3-11(9-17)7-13(14)16(18)19/h1-7,17H,9H2. The minimum absolute atomic E-state index is 0.0805. The van der Waals surface area contributed by atoms with E-state index in [1.54, 1.807) is 30.3 Å². The van der Waals surface area contributed by atoms with Gasteiger partial charge in [-0.2, -0.15) is 5.26 Å². The predicted molar refractivity (Wildman–Crippen MR) is 70.3 cm³/mol. The van der Waals surface area contributed by atoms with Gasteiger partial charge in [0.05, 0.1) is 23.2 Å². The third-order valence-corrected chi connectivity index (χ3v) is 2.61. The van der Waals surface area contributed by atoms with Crippen molar-refractivity contribution in [2.45, 2.75) is 6.61 Å². The van der Waals surface area contributed by atoms with Crippen molar-refractivity contribution < 1.29 is 14.8 Å². The van der Waals surface area contributed by atoms with Gasteiger partial charge in [0.1, 0.15) is 5.75 Å². The lowest BCUT2D eigenvalue weighted by molar-refractivity contribution is -0.385. The summed E-state index contributed by atoms with van der Waals surface area (Å²) in [5, 5.41) is 28.7. The molecule has 2 rings (SSSR count). The van der Waals surface area contributed by atoms with Gasteiger partial charge in [-0.15, -0.1) is 0 Å². The number of rotatable bonds is 4. The average molecular weight is 270 g/mol. The Hall–Kier alpha value is -2.91. The summed E-state index contributed by atoms with van der Waals surface area (Å²) in [4.78, 5) is 10.4. The van der Waals surface area contributed by atoms with E-state index >= 15 is 0 Å². The van der Waals surface area contributed by atoms with Crippen molar-refractivity contribution in [1.29, 1.82) is 5.26 Å². The van der Waals surface area contributed by atoms with E-state index < -0.39 is 4.92 Å². The molecule has 0 bridgehead atoms. The number of nitrogens with zero attached hydrogens (tertiary/aromatic N) is 2. The first-order valence-electron chi connectivity index (χ1n) is 5.70. The second-order valence-corrected chi connectivity index (χ2v) is 3.96. The molecule has 2 aromatic carbocycles. The first-order chi connectivity index (χ1) is 9.63. The number of nitro groups is 1. The molecule has 0 fully saturated rings. The van der Waals surface area contributed by atoms with Crippen molar-refractivity contribution in [3.63, 3.8) is 0 Å². The molecule has 0 atom stereocenters. The summed E-state index contributed by atoms with van der Waals surface area (Å²) in [6, 6.07) is 12.4. The summed E-state index contributed by atoms with van der Waals surface area (Å²) in [6.07, 6.45) is 0. The first kappa shape index (κ1) is 13.5. The van der Waals surface area contributed by atoms with Crippen LogP contribution in [0.4, 0.5) is 5.69 Å². The minimum atomic E-state index is -0.571. The zero-order valence-corrected chi connectivity index (χ0v) is 10.3. The SMILES string of the molecule is N#Cc1ccc(Oc2ccc(CO)cc2[N+](=O)[O-])cc1. The molecule has 1 N–H and O–H groups in total. The van der Waals surface area contributed by atoms with Crippen molar-refractivity contribution in [3.8, 4) is 17.6 Å². The summed E-state index contributed by atoms with van der Waals surface area (Å²) >= 11 is 0. The maximum Gasteiger partial charge on any atom is 0.311 e.